The molecule has 2 rings (SSSR count). The Morgan fingerprint density at radius 2 is 1.25 bits per heavy atom. The van der Waals surface area contributed by atoms with Crippen molar-refractivity contribution in [3.05, 3.63) is 60.7 Å². The van der Waals surface area contributed by atoms with Crippen molar-refractivity contribution in [1.29, 1.82) is 0 Å². The maximum Gasteiger partial charge on any atom is 0.252 e. The molecule has 0 aliphatic carbocycles. The zero-order chi connectivity index (χ0) is 14.3. The van der Waals surface area contributed by atoms with E-state index < -0.39 is 8.32 Å². The van der Waals surface area contributed by atoms with Gasteiger partial charge in [-0.1, -0.05) is 93.3 Å². The van der Waals surface area contributed by atoms with E-state index in [1.54, 1.807) is 0 Å². The van der Waals surface area contributed by atoms with Gasteiger partial charge in [0.25, 0.3) is 8.32 Å². The van der Waals surface area contributed by atoms with E-state index >= 15 is 0 Å². The Hall–Kier alpha value is -1.38. The normalized spacial score (nSPS) is 11.5. The molecule has 0 spiro atoms. The van der Waals surface area contributed by atoms with E-state index in [0.717, 1.165) is 22.8 Å². The van der Waals surface area contributed by atoms with Crippen LogP contribution in [-0.2, 0) is 0 Å². The lowest BCUT2D eigenvalue weighted by Gasteiger charge is -2.26. The largest absolute Gasteiger partial charge is 0.424 e. The molecule has 0 bridgehead atoms. The van der Waals surface area contributed by atoms with Crippen molar-refractivity contribution in [2.24, 2.45) is 0 Å². The van der Waals surface area contributed by atoms with E-state index in [-0.39, 0.29) is 0 Å². The average Bonchev–Trinajstić information content (AvgIpc) is 2.53. The Morgan fingerprint density at radius 3 is 1.70 bits per heavy atom. The van der Waals surface area contributed by atoms with Crippen molar-refractivity contribution in [3.63, 3.8) is 0 Å². The number of hydrogen-bond acceptors (Lipinski definition) is 1. The molecule has 20 heavy (non-hydrogen) atoms. The van der Waals surface area contributed by atoms with Crippen molar-refractivity contribution in [2.45, 2.75) is 38.7 Å². The molecule has 0 atom stereocenters. The van der Waals surface area contributed by atoms with Crippen LogP contribution in [0, 0.1) is 0 Å². The van der Waals surface area contributed by atoms with Crippen LogP contribution in [0.1, 0.15) is 32.6 Å². The van der Waals surface area contributed by atoms with Gasteiger partial charge in [-0.3, -0.25) is 0 Å². The van der Waals surface area contributed by atoms with Gasteiger partial charge in [0.05, 0.1) is 0 Å². The molecule has 0 fully saturated rings. The number of unbranched alkanes of at least 4 members (excludes halogenated alkanes) is 3. The van der Waals surface area contributed by atoms with Gasteiger partial charge in [0, 0.05) is 0 Å². The van der Waals surface area contributed by atoms with Gasteiger partial charge < -0.3 is 4.80 Å². The molecular weight excluding hydrogens is 260 g/mol. The molecular formula is C18H24OSi. The molecule has 2 heteroatoms. The molecule has 0 heterocycles. The minimum absolute atomic E-state index is 0.918. The van der Waals surface area contributed by atoms with E-state index in [1.807, 2.05) is 36.4 Å². The molecule has 106 valence electrons. The zero-order valence-electron chi connectivity index (χ0n) is 12.3. The Bertz CT molecular complexity index is 456. The summed E-state index contributed by atoms with van der Waals surface area (Å²) in [6.45, 7) is 2.22. The van der Waals surface area contributed by atoms with Crippen LogP contribution in [0.4, 0.5) is 0 Å². The van der Waals surface area contributed by atoms with Crippen LogP contribution >= 0.6 is 0 Å². The molecule has 2 aromatic carbocycles. The number of rotatable bonds is 7. The average molecular weight is 284 g/mol. The topological polar surface area (TPSA) is 20.2 Å². The van der Waals surface area contributed by atoms with Gasteiger partial charge in [-0.15, -0.1) is 0 Å². The molecule has 0 aliphatic rings. The second-order valence-electron chi connectivity index (χ2n) is 5.40. The molecule has 1 N–H and O–H groups in total. The lowest BCUT2D eigenvalue weighted by atomic mass is 10.2. The number of benzene rings is 2. The zero-order valence-corrected chi connectivity index (χ0v) is 13.3. The van der Waals surface area contributed by atoms with Gasteiger partial charge in [-0.2, -0.15) is 0 Å². The summed E-state index contributed by atoms with van der Waals surface area (Å²) in [6.07, 6.45) is 4.82. The summed E-state index contributed by atoms with van der Waals surface area (Å²) in [5.41, 5.74) is 0. The molecule has 0 saturated carbocycles. The van der Waals surface area contributed by atoms with Crippen molar-refractivity contribution in [3.8, 4) is 0 Å². The lowest BCUT2D eigenvalue weighted by Crippen LogP contribution is -2.58. The van der Waals surface area contributed by atoms with Gasteiger partial charge in [-0.25, -0.2) is 0 Å². The van der Waals surface area contributed by atoms with Crippen LogP contribution in [0.2, 0.25) is 6.04 Å². The molecule has 2 aromatic rings. The van der Waals surface area contributed by atoms with E-state index in [9.17, 15) is 4.80 Å². The Balaban J connectivity index is 2.24. The molecule has 1 nitrogen and oxygen atoms in total. The summed E-state index contributed by atoms with van der Waals surface area (Å²) < 4.78 is 0. The summed E-state index contributed by atoms with van der Waals surface area (Å²) in [5.74, 6) is 0. The minimum atomic E-state index is -2.55. The third kappa shape index (κ3) is 3.59. The monoisotopic (exact) mass is 284 g/mol. The second-order valence-corrected chi connectivity index (χ2v) is 8.78. The predicted octanol–water partition coefficient (Wildman–Crippen LogP) is 3.32. The third-order valence-corrected chi connectivity index (χ3v) is 7.55. The maximum absolute atomic E-state index is 11.4. The Morgan fingerprint density at radius 1 is 0.750 bits per heavy atom. The molecule has 0 radical (unpaired) electrons. The Labute approximate surface area is 123 Å². The highest BCUT2D eigenvalue weighted by molar-refractivity contribution is 6.96. The first-order chi connectivity index (χ1) is 9.77. The van der Waals surface area contributed by atoms with Gasteiger partial charge in [0.2, 0.25) is 0 Å². The fourth-order valence-corrected chi connectivity index (χ4v) is 5.85. The van der Waals surface area contributed by atoms with Crippen molar-refractivity contribution < 1.29 is 4.80 Å². The SMILES string of the molecule is CCCCCC[Si](O)(c1ccccc1)c1ccccc1. The van der Waals surface area contributed by atoms with Crippen LogP contribution in [0.15, 0.2) is 60.7 Å². The smallest absolute Gasteiger partial charge is 0.252 e. The van der Waals surface area contributed by atoms with Crippen LogP contribution < -0.4 is 10.4 Å². The van der Waals surface area contributed by atoms with E-state index in [1.165, 1.54) is 19.3 Å². The second kappa shape index (κ2) is 7.41. The quantitative estimate of drug-likeness (QED) is 0.611. The third-order valence-electron chi connectivity index (χ3n) is 3.89. The van der Waals surface area contributed by atoms with Gasteiger partial charge in [-0.05, 0) is 16.4 Å². The molecule has 0 aliphatic heterocycles. The summed E-state index contributed by atoms with van der Waals surface area (Å²) in [6, 6.07) is 21.4. The fourth-order valence-electron chi connectivity index (χ4n) is 2.69. The molecule has 0 amide bonds. The predicted molar refractivity (Wildman–Crippen MR) is 89.1 cm³/mol. The number of hydrogen-bond donors (Lipinski definition) is 1. The lowest BCUT2D eigenvalue weighted by molar-refractivity contribution is 0.554. The van der Waals surface area contributed by atoms with Crippen LogP contribution in [0.5, 0.6) is 0 Å². The summed E-state index contributed by atoms with van der Waals surface area (Å²) in [5, 5.41) is 2.25. The van der Waals surface area contributed by atoms with E-state index in [4.69, 9.17) is 0 Å². The van der Waals surface area contributed by atoms with Crippen LogP contribution in [0.3, 0.4) is 0 Å². The van der Waals surface area contributed by atoms with Crippen molar-refractivity contribution in [2.75, 3.05) is 0 Å². The summed E-state index contributed by atoms with van der Waals surface area (Å²) in [7, 11) is -2.55. The first-order valence-electron chi connectivity index (χ1n) is 7.61. The first-order valence-corrected chi connectivity index (χ1v) is 9.76. The Kier molecular flexibility index (Phi) is 5.56. The van der Waals surface area contributed by atoms with Gasteiger partial charge >= 0.3 is 0 Å². The van der Waals surface area contributed by atoms with Gasteiger partial charge in [0.1, 0.15) is 0 Å². The molecule has 0 unspecified atom stereocenters. The van der Waals surface area contributed by atoms with Crippen molar-refractivity contribution in [1.82, 2.24) is 0 Å². The van der Waals surface area contributed by atoms with Crippen LogP contribution in [-0.4, -0.2) is 13.1 Å². The van der Waals surface area contributed by atoms with Crippen molar-refractivity contribution >= 4 is 18.7 Å². The highest BCUT2D eigenvalue weighted by Gasteiger charge is 2.34. The molecule has 0 aromatic heterocycles. The standard InChI is InChI=1S/C18H24OSi/c1-2-3-4-11-16-20(19,17-12-7-5-8-13-17)18-14-9-6-10-15-18/h5-10,12-15,19H,2-4,11,16H2,1H3. The molecule has 0 saturated heterocycles. The summed E-state index contributed by atoms with van der Waals surface area (Å²) >= 11 is 0. The van der Waals surface area contributed by atoms with E-state index in [2.05, 4.69) is 31.2 Å². The summed E-state index contributed by atoms with van der Waals surface area (Å²) in [4.78, 5) is 11.4. The van der Waals surface area contributed by atoms with Gasteiger partial charge in [0.15, 0.2) is 0 Å². The maximum atomic E-state index is 11.4. The van der Waals surface area contributed by atoms with Crippen LogP contribution in [0.25, 0.3) is 0 Å². The van der Waals surface area contributed by atoms with E-state index in [0.29, 0.717) is 0 Å². The fraction of sp³-hybridized carbons (Fsp3) is 0.333. The minimum Gasteiger partial charge on any atom is -0.424 e. The first kappa shape index (κ1) is 15.0. The highest BCUT2D eigenvalue weighted by atomic mass is 28.4. The highest BCUT2D eigenvalue weighted by Crippen LogP contribution is 2.14.